The molecule has 0 saturated carbocycles. The fourth-order valence-electron chi connectivity index (χ4n) is 1.95. The number of hydrogen-bond acceptors (Lipinski definition) is 6. The molecular weight excluding hydrogens is 286 g/mol. The molecule has 0 aliphatic carbocycles. The number of para-hydroxylation sites is 2. The monoisotopic (exact) mass is 299 g/mol. The molecule has 112 valence electrons. The number of nitrogens with zero attached hydrogens (tertiary/aromatic N) is 3. The van der Waals surface area contributed by atoms with Crippen LogP contribution in [-0.2, 0) is 11.8 Å². The summed E-state index contributed by atoms with van der Waals surface area (Å²) in [6.07, 6.45) is -0.668. The van der Waals surface area contributed by atoms with Gasteiger partial charge in [0, 0.05) is 13.1 Å². The molecule has 22 heavy (non-hydrogen) atoms. The average Bonchev–Trinajstić information content (AvgIpc) is 2.94. The summed E-state index contributed by atoms with van der Waals surface area (Å²) in [7, 11) is 1.46. The van der Waals surface area contributed by atoms with Crippen LogP contribution in [-0.4, -0.2) is 20.7 Å². The molecule has 1 atom stereocenters. The molecule has 0 N–H and O–H groups in total. The SMILES string of the molecule is C[C@H](OC(=O)c1ccc(=O)n(C)n1)c1nc2ccccc2o1. The van der Waals surface area contributed by atoms with E-state index < -0.39 is 12.1 Å². The maximum atomic E-state index is 12.0. The Balaban J connectivity index is 1.80. The molecular formula is C15H13N3O4. The summed E-state index contributed by atoms with van der Waals surface area (Å²) >= 11 is 0. The van der Waals surface area contributed by atoms with Crippen LogP contribution in [0.1, 0.15) is 29.4 Å². The van der Waals surface area contributed by atoms with Gasteiger partial charge in [0.05, 0.1) is 0 Å². The predicted molar refractivity (Wildman–Crippen MR) is 77.3 cm³/mol. The second-order valence-corrected chi connectivity index (χ2v) is 4.75. The summed E-state index contributed by atoms with van der Waals surface area (Å²) in [6.45, 7) is 1.66. The molecule has 1 aromatic carbocycles. The lowest BCUT2D eigenvalue weighted by molar-refractivity contribution is 0.0273. The molecule has 0 bridgehead atoms. The first-order valence-corrected chi connectivity index (χ1v) is 6.65. The maximum Gasteiger partial charge on any atom is 0.359 e. The van der Waals surface area contributed by atoms with Crippen LogP contribution in [0.4, 0.5) is 0 Å². The molecule has 0 aliphatic heterocycles. The molecule has 7 heteroatoms. The summed E-state index contributed by atoms with van der Waals surface area (Å²) < 4.78 is 11.9. The topological polar surface area (TPSA) is 87.2 Å². The zero-order valence-electron chi connectivity index (χ0n) is 12.0. The Bertz CT molecular complexity index is 864. The lowest BCUT2D eigenvalue weighted by Crippen LogP contribution is -2.22. The number of oxazole rings is 1. The molecule has 0 amide bonds. The van der Waals surface area contributed by atoms with Crippen molar-refractivity contribution in [3.8, 4) is 0 Å². The van der Waals surface area contributed by atoms with Gasteiger partial charge in [-0.05, 0) is 25.1 Å². The average molecular weight is 299 g/mol. The number of carbonyl (C=O) groups excluding carboxylic acids is 1. The van der Waals surface area contributed by atoms with Crippen LogP contribution in [0.2, 0.25) is 0 Å². The van der Waals surface area contributed by atoms with Crippen molar-refractivity contribution >= 4 is 17.1 Å². The summed E-state index contributed by atoms with van der Waals surface area (Å²) in [5.74, 6) is -0.343. The quantitative estimate of drug-likeness (QED) is 0.686. The second-order valence-electron chi connectivity index (χ2n) is 4.75. The minimum atomic E-state index is -0.668. The Morgan fingerprint density at radius 1 is 1.27 bits per heavy atom. The molecule has 0 spiro atoms. The number of esters is 1. The van der Waals surface area contributed by atoms with Crippen molar-refractivity contribution in [2.45, 2.75) is 13.0 Å². The largest absolute Gasteiger partial charge is 0.448 e. The minimum Gasteiger partial charge on any atom is -0.448 e. The zero-order valence-corrected chi connectivity index (χ0v) is 12.0. The highest BCUT2D eigenvalue weighted by Crippen LogP contribution is 2.22. The number of ether oxygens (including phenoxy) is 1. The number of fused-ring (bicyclic) bond motifs is 1. The number of rotatable bonds is 3. The van der Waals surface area contributed by atoms with Gasteiger partial charge in [0.25, 0.3) is 5.56 Å². The van der Waals surface area contributed by atoms with Gasteiger partial charge in [0.2, 0.25) is 5.89 Å². The lowest BCUT2D eigenvalue weighted by Gasteiger charge is -2.09. The van der Waals surface area contributed by atoms with E-state index >= 15 is 0 Å². The van der Waals surface area contributed by atoms with E-state index in [1.807, 2.05) is 18.2 Å². The van der Waals surface area contributed by atoms with E-state index in [9.17, 15) is 9.59 Å². The van der Waals surface area contributed by atoms with E-state index in [4.69, 9.17) is 9.15 Å². The summed E-state index contributed by atoms with van der Waals surface area (Å²) in [4.78, 5) is 27.6. The molecule has 7 nitrogen and oxygen atoms in total. The van der Waals surface area contributed by atoms with Gasteiger partial charge in [0.1, 0.15) is 5.52 Å². The van der Waals surface area contributed by atoms with Crippen LogP contribution >= 0.6 is 0 Å². The highest BCUT2D eigenvalue weighted by Gasteiger charge is 2.20. The van der Waals surface area contributed by atoms with Gasteiger partial charge in [-0.15, -0.1) is 0 Å². The van der Waals surface area contributed by atoms with E-state index in [1.54, 1.807) is 13.0 Å². The van der Waals surface area contributed by atoms with Crippen LogP contribution in [0.5, 0.6) is 0 Å². The number of benzene rings is 1. The van der Waals surface area contributed by atoms with Crippen molar-refractivity contribution in [2.24, 2.45) is 7.05 Å². The third kappa shape index (κ3) is 2.60. The standard InChI is InChI=1S/C15H13N3O4/c1-9(14-16-10-5-3-4-6-12(10)22-14)21-15(20)11-7-8-13(19)18(2)17-11/h3-9H,1-2H3/t9-/m0/s1. The maximum absolute atomic E-state index is 12.0. The number of aryl methyl sites for hydroxylation is 1. The molecule has 0 radical (unpaired) electrons. The number of aromatic nitrogens is 3. The van der Waals surface area contributed by atoms with Gasteiger partial charge in [-0.25, -0.2) is 14.5 Å². The molecule has 0 aliphatic rings. The van der Waals surface area contributed by atoms with Crippen molar-refractivity contribution in [3.63, 3.8) is 0 Å². The first-order chi connectivity index (χ1) is 10.5. The molecule has 0 unspecified atom stereocenters. The van der Waals surface area contributed by atoms with Gasteiger partial charge in [-0.3, -0.25) is 4.79 Å². The molecule has 3 aromatic rings. The van der Waals surface area contributed by atoms with E-state index in [2.05, 4.69) is 10.1 Å². The number of hydrogen-bond donors (Lipinski definition) is 0. The highest BCUT2D eigenvalue weighted by molar-refractivity contribution is 5.87. The third-order valence-electron chi connectivity index (χ3n) is 3.11. The number of carbonyl (C=O) groups is 1. The Hall–Kier alpha value is -2.96. The Morgan fingerprint density at radius 2 is 2.05 bits per heavy atom. The molecule has 0 saturated heterocycles. The molecule has 0 fully saturated rings. The van der Waals surface area contributed by atoms with E-state index in [1.165, 1.54) is 19.2 Å². The van der Waals surface area contributed by atoms with Gasteiger partial charge in [-0.1, -0.05) is 12.1 Å². The van der Waals surface area contributed by atoms with Crippen LogP contribution in [0.25, 0.3) is 11.1 Å². The van der Waals surface area contributed by atoms with E-state index in [0.717, 1.165) is 4.68 Å². The molecule has 2 aromatic heterocycles. The minimum absolute atomic E-state index is 0.0464. The Morgan fingerprint density at radius 3 is 2.77 bits per heavy atom. The van der Waals surface area contributed by atoms with Gasteiger partial charge < -0.3 is 9.15 Å². The van der Waals surface area contributed by atoms with Crippen LogP contribution in [0, 0.1) is 0 Å². The van der Waals surface area contributed by atoms with Crippen LogP contribution < -0.4 is 5.56 Å². The third-order valence-corrected chi connectivity index (χ3v) is 3.11. The summed E-state index contributed by atoms with van der Waals surface area (Å²) in [5.41, 5.74) is 1.06. The van der Waals surface area contributed by atoms with E-state index in [-0.39, 0.29) is 11.3 Å². The smallest absolute Gasteiger partial charge is 0.359 e. The summed E-state index contributed by atoms with van der Waals surface area (Å²) in [6, 6.07) is 9.86. The Labute approximate surface area is 125 Å². The molecule has 3 rings (SSSR count). The normalized spacial score (nSPS) is 12.3. The fraction of sp³-hybridized carbons (Fsp3) is 0.200. The Kier molecular flexibility index (Phi) is 3.46. The van der Waals surface area contributed by atoms with Crippen molar-refractivity contribution in [1.29, 1.82) is 0 Å². The second kappa shape index (κ2) is 5.44. The van der Waals surface area contributed by atoms with Crippen molar-refractivity contribution < 1.29 is 13.9 Å². The van der Waals surface area contributed by atoms with Crippen LogP contribution in [0.15, 0.2) is 45.6 Å². The van der Waals surface area contributed by atoms with E-state index in [0.29, 0.717) is 17.0 Å². The first-order valence-electron chi connectivity index (χ1n) is 6.65. The lowest BCUT2D eigenvalue weighted by atomic mass is 10.3. The predicted octanol–water partition coefficient (Wildman–Crippen LogP) is 1.84. The zero-order chi connectivity index (χ0) is 15.7. The first kappa shape index (κ1) is 14.0. The van der Waals surface area contributed by atoms with Crippen molar-refractivity contribution in [2.75, 3.05) is 0 Å². The van der Waals surface area contributed by atoms with Gasteiger partial charge in [-0.2, -0.15) is 5.10 Å². The van der Waals surface area contributed by atoms with Gasteiger partial charge >= 0.3 is 5.97 Å². The molecule has 2 heterocycles. The highest BCUT2D eigenvalue weighted by atomic mass is 16.6. The van der Waals surface area contributed by atoms with Crippen molar-refractivity contribution in [3.05, 3.63) is 58.3 Å². The van der Waals surface area contributed by atoms with Crippen LogP contribution in [0.3, 0.4) is 0 Å². The summed E-state index contributed by atoms with van der Waals surface area (Å²) in [5, 5.41) is 3.84. The van der Waals surface area contributed by atoms with Crippen molar-refractivity contribution in [1.82, 2.24) is 14.8 Å². The van der Waals surface area contributed by atoms with Gasteiger partial charge in [0.15, 0.2) is 17.4 Å². The fourth-order valence-corrected chi connectivity index (χ4v) is 1.95.